The molecular formula is C19H19N5O3. The van der Waals surface area contributed by atoms with E-state index in [1.807, 2.05) is 37.3 Å². The molecule has 1 atom stereocenters. The number of H-pyrrole nitrogens is 2. The zero-order chi connectivity index (χ0) is 19.0. The topological polar surface area (TPSA) is 116 Å². The fraction of sp³-hybridized carbons (Fsp3) is 0.211. The molecule has 4 rings (SSSR count). The smallest absolute Gasteiger partial charge is 0.272 e. The van der Waals surface area contributed by atoms with Crippen LogP contribution in [-0.2, 0) is 4.74 Å². The molecule has 0 radical (unpaired) electrons. The number of nitrogens with one attached hydrogen (secondary N) is 3. The van der Waals surface area contributed by atoms with Crippen LogP contribution >= 0.6 is 0 Å². The van der Waals surface area contributed by atoms with Gasteiger partial charge in [-0.15, -0.1) is 0 Å². The molecule has 27 heavy (non-hydrogen) atoms. The molecule has 0 spiro atoms. The number of aromatic nitrogens is 4. The Hall–Kier alpha value is -3.23. The number of imidazole rings is 1. The Morgan fingerprint density at radius 3 is 2.96 bits per heavy atom. The van der Waals surface area contributed by atoms with Gasteiger partial charge in [-0.2, -0.15) is 5.10 Å². The van der Waals surface area contributed by atoms with Crippen molar-refractivity contribution in [1.82, 2.24) is 20.2 Å². The van der Waals surface area contributed by atoms with Crippen molar-refractivity contribution in [2.24, 2.45) is 0 Å². The molecule has 0 saturated heterocycles. The molecule has 1 unspecified atom stereocenters. The van der Waals surface area contributed by atoms with E-state index in [9.17, 15) is 9.90 Å². The van der Waals surface area contributed by atoms with E-state index in [1.54, 1.807) is 13.0 Å². The van der Waals surface area contributed by atoms with Gasteiger partial charge in [-0.25, -0.2) is 10.1 Å². The number of hydrogen-bond acceptors (Lipinski definition) is 6. The first-order chi connectivity index (χ1) is 13.1. The Morgan fingerprint density at radius 1 is 1.30 bits per heavy atom. The fourth-order valence-electron chi connectivity index (χ4n) is 3.14. The minimum atomic E-state index is -1.14. The molecule has 0 aliphatic carbocycles. The number of aliphatic hydroxyl groups excluding tert-OH is 1. The third-order valence-corrected chi connectivity index (χ3v) is 4.36. The number of nitrogens with zero attached hydrogens (tertiary/aromatic N) is 2. The average Bonchev–Trinajstić information content (AvgIpc) is 3.04. The zero-order valence-corrected chi connectivity index (χ0v) is 14.9. The summed E-state index contributed by atoms with van der Waals surface area (Å²) < 4.78 is 5.05. The van der Waals surface area contributed by atoms with Gasteiger partial charge in [0.2, 0.25) is 12.4 Å². The molecule has 4 N–H and O–H groups in total. The maximum atomic E-state index is 12.1. The summed E-state index contributed by atoms with van der Waals surface area (Å²) in [6.45, 7) is 4.12. The first-order valence-electron chi connectivity index (χ1n) is 8.61. The summed E-state index contributed by atoms with van der Waals surface area (Å²) in [4.78, 5) is 19.6. The van der Waals surface area contributed by atoms with Crippen LogP contribution in [0.3, 0.4) is 0 Å². The molecule has 0 amide bonds. The number of benzene rings is 2. The highest BCUT2D eigenvalue weighted by molar-refractivity contribution is 5.97. The van der Waals surface area contributed by atoms with E-state index in [2.05, 4.69) is 25.5 Å². The van der Waals surface area contributed by atoms with Gasteiger partial charge in [0, 0.05) is 17.6 Å². The van der Waals surface area contributed by atoms with Crippen molar-refractivity contribution in [3.8, 4) is 11.3 Å². The van der Waals surface area contributed by atoms with E-state index < -0.39 is 6.41 Å². The average molecular weight is 365 g/mol. The van der Waals surface area contributed by atoms with Gasteiger partial charge in [0.25, 0.3) is 5.56 Å². The lowest BCUT2D eigenvalue weighted by molar-refractivity contribution is -0.0734. The summed E-state index contributed by atoms with van der Waals surface area (Å²) in [5.41, 5.74) is 3.79. The predicted octanol–water partition coefficient (Wildman–Crippen LogP) is 2.50. The first-order valence-corrected chi connectivity index (χ1v) is 8.61. The van der Waals surface area contributed by atoms with Gasteiger partial charge in [-0.1, -0.05) is 18.2 Å². The van der Waals surface area contributed by atoms with E-state index in [0.29, 0.717) is 29.2 Å². The van der Waals surface area contributed by atoms with Crippen LogP contribution in [0.15, 0.2) is 41.2 Å². The molecule has 2 heterocycles. The third-order valence-electron chi connectivity index (χ3n) is 4.36. The molecule has 0 aliphatic rings. The number of ether oxygens (including phenoxy) is 1. The Bertz CT molecular complexity index is 1180. The van der Waals surface area contributed by atoms with E-state index in [1.165, 1.54) is 0 Å². The van der Waals surface area contributed by atoms with Crippen molar-refractivity contribution in [3.05, 3.63) is 52.3 Å². The SMILES string of the molecule is CCOC(O)Nc1nc2cc(-c3n[nH]c(=O)c4cccc(C)c34)ccc2[nH]1. The largest absolute Gasteiger partial charge is 0.351 e. The standard InChI is InChI=1S/C19H19N5O3/c1-3-27-19(26)22-18-20-13-8-7-11(9-14(13)21-18)16-15-10(2)5-4-6-12(15)17(25)24-23-16/h4-9,19,26H,3H2,1-2H3,(H,24,25)(H2,20,21,22). The second-order valence-electron chi connectivity index (χ2n) is 6.17. The quantitative estimate of drug-likeness (QED) is 0.404. The van der Waals surface area contributed by atoms with E-state index in [4.69, 9.17) is 4.74 Å². The minimum absolute atomic E-state index is 0.213. The lowest BCUT2D eigenvalue weighted by atomic mass is 10.0. The molecular weight excluding hydrogens is 346 g/mol. The van der Waals surface area contributed by atoms with Gasteiger partial charge in [0.1, 0.15) is 0 Å². The van der Waals surface area contributed by atoms with Crippen LogP contribution < -0.4 is 10.9 Å². The maximum Gasteiger partial charge on any atom is 0.272 e. The summed E-state index contributed by atoms with van der Waals surface area (Å²) in [5, 5.41) is 20.7. The van der Waals surface area contributed by atoms with Gasteiger partial charge < -0.3 is 20.1 Å². The number of aromatic amines is 2. The van der Waals surface area contributed by atoms with Crippen LogP contribution in [0.4, 0.5) is 5.95 Å². The van der Waals surface area contributed by atoms with Crippen LogP contribution in [-0.4, -0.2) is 38.3 Å². The van der Waals surface area contributed by atoms with Crippen molar-refractivity contribution in [1.29, 1.82) is 0 Å². The number of aliphatic hydroxyl groups is 1. The number of aryl methyl sites for hydroxylation is 1. The molecule has 0 aliphatic heterocycles. The molecule has 138 valence electrons. The minimum Gasteiger partial charge on any atom is -0.351 e. The summed E-state index contributed by atoms with van der Waals surface area (Å²) >= 11 is 0. The van der Waals surface area contributed by atoms with Crippen LogP contribution in [0.2, 0.25) is 0 Å². The van der Waals surface area contributed by atoms with Crippen LogP contribution in [0.5, 0.6) is 0 Å². The van der Waals surface area contributed by atoms with Gasteiger partial charge in [0.05, 0.1) is 22.1 Å². The fourth-order valence-corrected chi connectivity index (χ4v) is 3.14. The van der Waals surface area contributed by atoms with Crippen LogP contribution in [0, 0.1) is 6.92 Å². The van der Waals surface area contributed by atoms with E-state index >= 15 is 0 Å². The van der Waals surface area contributed by atoms with Gasteiger partial charge in [-0.3, -0.25) is 4.79 Å². The lowest BCUT2D eigenvalue weighted by Gasteiger charge is -2.10. The molecule has 8 heteroatoms. The molecule has 0 bridgehead atoms. The summed E-state index contributed by atoms with van der Waals surface area (Å²) in [6, 6.07) is 11.3. The first kappa shape index (κ1) is 17.2. The third kappa shape index (κ3) is 3.16. The van der Waals surface area contributed by atoms with Crippen LogP contribution in [0.1, 0.15) is 12.5 Å². The number of rotatable bonds is 5. The molecule has 0 fully saturated rings. The normalized spacial score (nSPS) is 12.6. The number of hydrogen-bond donors (Lipinski definition) is 4. The van der Waals surface area contributed by atoms with Gasteiger partial charge >= 0.3 is 0 Å². The Balaban J connectivity index is 1.80. The van der Waals surface area contributed by atoms with Gasteiger partial charge in [-0.05, 0) is 37.6 Å². The summed E-state index contributed by atoms with van der Waals surface area (Å²) in [7, 11) is 0. The number of fused-ring (bicyclic) bond motifs is 2. The highest BCUT2D eigenvalue weighted by atomic mass is 16.6. The highest BCUT2D eigenvalue weighted by Gasteiger charge is 2.13. The van der Waals surface area contributed by atoms with E-state index in [0.717, 1.165) is 22.0 Å². The Kier molecular flexibility index (Phi) is 4.35. The number of anilines is 1. The Labute approximate surface area is 154 Å². The van der Waals surface area contributed by atoms with Crippen molar-refractivity contribution in [3.63, 3.8) is 0 Å². The predicted molar refractivity (Wildman–Crippen MR) is 103 cm³/mol. The molecule has 0 saturated carbocycles. The molecule has 4 aromatic rings. The zero-order valence-electron chi connectivity index (χ0n) is 14.9. The lowest BCUT2D eigenvalue weighted by Crippen LogP contribution is -2.22. The monoisotopic (exact) mass is 365 g/mol. The maximum absolute atomic E-state index is 12.1. The highest BCUT2D eigenvalue weighted by Crippen LogP contribution is 2.29. The van der Waals surface area contributed by atoms with Crippen molar-refractivity contribution in [2.45, 2.75) is 20.3 Å². The molecule has 2 aromatic heterocycles. The van der Waals surface area contributed by atoms with Gasteiger partial charge in [0.15, 0.2) is 0 Å². The van der Waals surface area contributed by atoms with Crippen molar-refractivity contribution >= 4 is 27.8 Å². The Morgan fingerprint density at radius 2 is 2.15 bits per heavy atom. The summed E-state index contributed by atoms with van der Waals surface area (Å²) in [5.74, 6) is 0.401. The van der Waals surface area contributed by atoms with Crippen molar-refractivity contribution in [2.75, 3.05) is 11.9 Å². The van der Waals surface area contributed by atoms with E-state index in [-0.39, 0.29) is 5.56 Å². The molecule has 8 nitrogen and oxygen atoms in total. The van der Waals surface area contributed by atoms with Crippen molar-refractivity contribution < 1.29 is 9.84 Å². The molecule has 2 aromatic carbocycles. The second kappa shape index (κ2) is 6.82. The summed E-state index contributed by atoms with van der Waals surface area (Å²) in [6.07, 6.45) is -1.14. The second-order valence-corrected chi connectivity index (χ2v) is 6.17. The van der Waals surface area contributed by atoms with Crippen LogP contribution in [0.25, 0.3) is 33.1 Å².